The van der Waals surface area contributed by atoms with Gasteiger partial charge in [0, 0.05) is 37.1 Å². The molecule has 0 amide bonds. The Morgan fingerprint density at radius 3 is 2.75 bits per heavy atom. The summed E-state index contributed by atoms with van der Waals surface area (Å²) in [5.74, 6) is 0. The number of nitrogens with zero attached hydrogens (tertiary/aromatic N) is 1. The molecule has 6 heteroatoms. The van der Waals surface area contributed by atoms with Crippen LogP contribution in [0.15, 0.2) is 22.3 Å². The van der Waals surface area contributed by atoms with Crippen molar-refractivity contribution >= 4 is 31.9 Å². The third-order valence-electron chi connectivity index (χ3n) is 1.54. The molecule has 0 saturated heterocycles. The molecule has 0 heterocycles. The van der Waals surface area contributed by atoms with Crippen LogP contribution < -0.4 is 5.73 Å². The summed E-state index contributed by atoms with van der Waals surface area (Å²) in [5.41, 5.74) is 6.04. The van der Waals surface area contributed by atoms with Crippen LogP contribution in [0.5, 0.6) is 0 Å². The lowest BCUT2D eigenvalue weighted by molar-refractivity contribution is -0.521. The molecule has 1 aliphatic rings. The summed E-state index contributed by atoms with van der Waals surface area (Å²) in [5, 5.41) is 10.6. The molecule has 0 aromatic heterocycles. The number of nitrogens with two attached hydrogens (primary N) is 1. The van der Waals surface area contributed by atoms with Gasteiger partial charge in [-0.3, -0.25) is 10.1 Å². The normalized spacial score (nSPS) is 29.2. The lowest BCUT2D eigenvalue weighted by atomic mass is 10.1. The van der Waals surface area contributed by atoms with Crippen molar-refractivity contribution in [3.8, 4) is 0 Å². The summed E-state index contributed by atoms with van der Waals surface area (Å²) >= 11 is 6.19. The van der Waals surface area contributed by atoms with Gasteiger partial charge >= 0.3 is 0 Å². The predicted octanol–water partition coefficient (Wildman–Crippen LogP) is 1.88. The molecule has 0 spiro atoms. The highest BCUT2D eigenvalue weighted by molar-refractivity contribution is 9.12. The number of alkyl halides is 1. The number of rotatable bonds is 1. The molecule has 66 valence electrons. The zero-order valence-corrected chi connectivity index (χ0v) is 9.13. The van der Waals surface area contributed by atoms with Crippen molar-refractivity contribution in [2.75, 3.05) is 0 Å². The van der Waals surface area contributed by atoms with Crippen LogP contribution in [-0.2, 0) is 0 Å². The average Bonchev–Trinajstić information content (AvgIpc) is 1.97. The van der Waals surface area contributed by atoms with Crippen molar-refractivity contribution in [1.82, 2.24) is 0 Å². The second-order valence-electron chi connectivity index (χ2n) is 2.45. The quantitative estimate of drug-likeness (QED) is 0.348. The Morgan fingerprint density at radius 1 is 1.75 bits per heavy atom. The molecule has 0 saturated carbocycles. The third kappa shape index (κ3) is 1.69. The van der Waals surface area contributed by atoms with E-state index in [-0.39, 0.29) is 6.42 Å². The molecule has 0 aromatic carbocycles. The van der Waals surface area contributed by atoms with Crippen LogP contribution in [0.4, 0.5) is 0 Å². The summed E-state index contributed by atoms with van der Waals surface area (Å²) in [6.45, 7) is 0. The van der Waals surface area contributed by atoms with E-state index in [0.29, 0.717) is 10.2 Å². The van der Waals surface area contributed by atoms with Gasteiger partial charge in [-0.25, -0.2) is 0 Å². The summed E-state index contributed by atoms with van der Waals surface area (Å²) in [7, 11) is 0. The largest absolute Gasteiger partial charge is 0.398 e. The maximum absolute atomic E-state index is 10.6. The number of allylic oxidation sites excluding steroid dienone is 1. The SMILES string of the molecule is NC1=C(Br)CC(Br)([N+](=O)[O-])C=C1. The predicted molar refractivity (Wildman–Crippen MR) is 52.5 cm³/mol. The Balaban J connectivity index is 2.94. The molecule has 2 N–H and O–H groups in total. The number of halogens is 2. The molecule has 0 bridgehead atoms. The average molecular weight is 298 g/mol. The van der Waals surface area contributed by atoms with E-state index in [1.165, 1.54) is 12.2 Å². The molecule has 1 atom stereocenters. The van der Waals surface area contributed by atoms with Gasteiger partial charge in [0.25, 0.3) is 4.45 Å². The van der Waals surface area contributed by atoms with E-state index in [9.17, 15) is 10.1 Å². The van der Waals surface area contributed by atoms with Crippen molar-refractivity contribution in [2.45, 2.75) is 10.9 Å². The Morgan fingerprint density at radius 2 is 2.33 bits per heavy atom. The van der Waals surface area contributed by atoms with Crippen LogP contribution in [0.1, 0.15) is 6.42 Å². The van der Waals surface area contributed by atoms with E-state index < -0.39 is 9.37 Å². The third-order valence-corrected chi connectivity index (χ3v) is 3.11. The Labute approximate surface area is 85.9 Å². The van der Waals surface area contributed by atoms with Crippen molar-refractivity contribution < 1.29 is 4.92 Å². The lowest BCUT2D eigenvalue weighted by Gasteiger charge is -2.18. The Hall–Kier alpha value is -0.360. The minimum Gasteiger partial charge on any atom is -0.398 e. The fraction of sp³-hybridized carbons (Fsp3) is 0.333. The van der Waals surface area contributed by atoms with Gasteiger partial charge in [-0.05, 0) is 6.08 Å². The molecule has 12 heavy (non-hydrogen) atoms. The molecular formula is C6H6Br2N2O2. The van der Waals surface area contributed by atoms with Gasteiger partial charge in [-0.15, -0.1) is 0 Å². The van der Waals surface area contributed by atoms with E-state index in [4.69, 9.17) is 5.73 Å². The van der Waals surface area contributed by atoms with E-state index in [2.05, 4.69) is 31.9 Å². The first kappa shape index (κ1) is 9.73. The highest BCUT2D eigenvalue weighted by Gasteiger charge is 2.39. The molecule has 1 aliphatic carbocycles. The monoisotopic (exact) mass is 296 g/mol. The molecule has 0 radical (unpaired) electrons. The number of nitro groups is 1. The standard InChI is InChI=1S/C6H6Br2N2O2/c7-4-3-6(8,10(11)12)2-1-5(4)9/h1-2H,3,9H2. The highest BCUT2D eigenvalue weighted by Crippen LogP contribution is 2.35. The molecule has 0 aliphatic heterocycles. The first-order valence-electron chi connectivity index (χ1n) is 3.12. The van der Waals surface area contributed by atoms with Crippen molar-refractivity contribution in [1.29, 1.82) is 0 Å². The maximum atomic E-state index is 10.6. The zero-order valence-electron chi connectivity index (χ0n) is 5.96. The van der Waals surface area contributed by atoms with Crippen molar-refractivity contribution in [3.05, 3.63) is 32.4 Å². The van der Waals surface area contributed by atoms with Crippen LogP contribution in [-0.4, -0.2) is 9.37 Å². The molecule has 1 unspecified atom stereocenters. The van der Waals surface area contributed by atoms with Gasteiger partial charge in [-0.2, -0.15) is 0 Å². The van der Waals surface area contributed by atoms with Crippen LogP contribution >= 0.6 is 31.9 Å². The maximum Gasteiger partial charge on any atom is 0.297 e. The first-order valence-corrected chi connectivity index (χ1v) is 4.71. The summed E-state index contributed by atoms with van der Waals surface area (Å²) in [4.78, 5) is 10.2. The number of hydrogen-bond acceptors (Lipinski definition) is 3. The van der Waals surface area contributed by atoms with Gasteiger partial charge in [0.15, 0.2) is 0 Å². The second-order valence-corrected chi connectivity index (χ2v) is 4.78. The summed E-state index contributed by atoms with van der Waals surface area (Å²) in [6, 6.07) is 0. The van der Waals surface area contributed by atoms with Gasteiger partial charge in [0.1, 0.15) is 0 Å². The topological polar surface area (TPSA) is 69.2 Å². The fourth-order valence-corrected chi connectivity index (χ4v) is 2.16. The minimum absolute atomic E-state index is 0.238. The van der Waals surface area contributed by atoms with Crippen LogP contribution in [0.3, 0.4) is 0 Å². The second kappa shape index (κ2) is 3.18. The Bertz CT molecular complexity index is 287. The first-order chi connectivity index (χ1) is 5.46. The summed E-state index contributed by atoms with van der Waals surface area (Å²) < 4.78 is -0.548. The van der Waals surface area contributed by atoms with Crippen LogP contribution in [0.2, 0.25) is 0 Å². The van der Waals surface area contributed by atoms with E-state index >= 15 is 0 Å². The smallest absolute Gasteiger partial charge is 0.297 e. The molecular weight excluding hydrogens is 292 g/mol. The molecule has 0 aromatic rings. The van der Waals surface area contributed by atoms with E-state index in [1.807, 2.05) is 0 Å². The molecule has 1 rings (SSSR count). The lowest BCUT2D eigenvalue weighted by Crippen LogP contribution is -2.31. The number of hydrogen-bond donors (Lipinski definition) is 1. The fourth-order valence-electron chi connectivity index (χ4n) is 0.812. The van der Waals surface area contributed by atoms with Crippen LogP contribution in [0.25, 0.3) is 0 Å². The van der Waals surface area contributed by atoms with Gasteiger partial charge < -0.3 is 5.73 Å². The van der Waals surface area contributed by atoms with Crippen molar-refractivity contribution in [3.63, 3.8) is 0 Å². The summed E-state index contributed by atoms with van der Waals surface area (Å²) in [6.07, 6.45) is 3.20. The van der Waals surface area contributed by atoms with Crippen LogP contribution in [0, 0.1) is 10.1 Å². The minimum atomic E-state index is -1.20. The highest BCUT2D eigenvalue weighted by atomic mass is 79.9. The molecule has 0 fully saturated rings. The molecule has 4 nitrogen and oxygen atoms in total. The van der Waals surface area contributed by atoms with Gasteiger partial charge in [0.05, 0.1) is 6.42 Å². The van der Waals surface area contributed by atoms with E-state index in [0.717, 1.165) is 0 Å². The van der Waals surface area contributed by atoms with E-state index in [1.54, 1.807) is 0 Å². The van der Waals surface area contributed by atoms with Gasteiger partial charge in [0.2, 0.25) is 0 Å². The van der Waals surface area contributed by atoms with Gasteiger partial charge in [-0.1, -0.05) is 15.9 Å². The van der Waals surface area contributed by atoms with Crippen molar-refractivity contribution in [2.24, 2.45) is 5.73 Å². The zero-order chi connectivity index (χ0) is 9.35. The Kier molecular flexibility index (Phi) is 2.58.